The topological polar surface area (TPSA) is 55.0 Å². The zero-order valence-corrected chi connectivity index (χ0v) is 12.0. The van der Waals surface area contributed by atoms with E-state index in [2.05, 4.69) is 32.0 Å². The molecule has 2 N–H and O–H groups in total. The molecular weight excluding hydrogens is 292 g/mol. The number of benzene rings is 1. The van der Waals surface area contributed by atoms with E-state index < -0.39 is 0 Å². The smallest absolute Gasteiger partial charge is 0.222 e. The van der Waals surface area contributed by atoms with Gasteiger partial charge in [0.25, 0.3) is 0 Å². The molecule has 4 nitrogen and oxygen atoms in total. The lowest BCUT2D eigenvalue weighted by Gasteiger charge is -2.19. The second kappa shape index (κ2) is 5.35. The predicted octanol–water partition coefficient (Wildman–Crippen LogP) is 2.77. The third-order valence-corrected chi connectivity index (χ3v) is 3.39. The van der Waals surface area contributed by atoms with Gasteiger partial charge in [0.05, 0.1) is 0 Å². The van der Waals surface area contributed by atoms with Crippen LogP contribution in [0.1, 0.15) is 11.3 Å². The minimum atomic E-state index is 0.309. The van der Waals surface area contributed by atoms with E-state index in [4.69, 9.17) is 5.73 Å². The van der Waals surface area contributed by atoms with Crippen molar-refractivity contribution in [1.29, 1.82) is 0 Å². The average Bonchev–Trinajstić information content (AvgIpc) is 2.31. The Labute approximate surface area is 115 Å². The molecule has 0 aliphatic carbocycles. The van der Waals surface area contributed by atoms with Crippen LogP contribution in [0.3, 0.4) is 0 Å². The molecule has 0 saturated carbocycles. The van der Waals surface area contributed by atoms with E-state index in [-0.39, 0.29) is 0 Å². The van der Waals surface area contributed by atoms with Crippen LogP contribution in [0.4, 0.5) is 11.8 Å². The van der Waals surface area contributed by atoms with Crippen LogP contribution in [0.25, 0.3) is 0 Å². The molecule has 0 amide bonds. The summed E-state index contributed by atoms with van der Waals surface area (Å²) in [5, 5.41) is 0. The fraction of sp³-hybridized carbons (Fsp3) is 0.231. The van der Waals surface area contributed by atoms with Crippen LogP contribution < -0.4 is 10.6 Å². The maximum Gasteiger partial charge on any atom is 0.222 e. The van der Waals surface area contributed by atoms with Crippen LogP contribution >= 0.6 is 15.9 Å². The molecular formula is C13H15BrN4. The Morgan fingerprint density at radius 3 is 2.67 bits per heavy atom. The highest BCUT2D eigenvalue weighted by Gasteiger charge is 2.07. The summed E-state index contributed by atoms with van der Waals surface area (Å²) < 4.78 is 1.09. The SMILES string of the molecule is Cc1cc(N(C)Cc2ccccc2Br)nc(N)n1. The number of nitrogens with two attached hydrogens (primary N) is 1. The summed E-state index contributed by atoms with van der Waals surface area (Å²) in [6.07, 6.45) is 0. The first-order valence-electron chi connectivity index (χ1n) is 5.62. The molecule has 0 radical (unpaired) electrons. The summed E-state index contributed by atoms with van der Waals surface area (Å²) >= 11 is 3.54. The standard InChI is InChI=1S/C13H15BrN4/c1-9-7-12(17-13(15)16-9)18(2)8-10-5-3-4-6-11(10)14/h3-7H,8H2,1-2H3,(H2,15,16,17). The van der Waals surface area contributed by atoms with Crippen molar-refractivity contribution < 1.29 is 0 Å². The third-order valence-electron chi connectivity index (χ3n) is 2.61. The summed E-state index contributed by atoms with van der Waals surface area (Å²) in [5.74, 6) is 1.14. The molecule has 0 aliphatic rings. The number of halogens is 1. The zero-order valence-electron chi connectivity index (χ0n) is 10.4. The summed E-state index contributed by atoms with van der Waals surface area (Å²) in [4.78, 5) is 10.4. The normalized spacial score (nSPS) is 10.4. The monoisotopic (exact) mass is 306 g/mol. The van der Waals surface area contributed by atoms with Gasteiger partial charge in [-0.15, -0.1) is 0 Å². The lowest BCUT2D eigenvalue weighted by molar-refractivity contribution is 0.886. The summed E-state index contributed by atoms with van der Waals surface area (Å²) in [5.41, 5.74) is 7.74. The van der Waals surface area contributed by atoms with Crippen LogP contribution in [0.5, 0.6) is 0 Å². The fourth-order valence-corrected chi connectivity index (χ4v) is 2.14. The van der Waals surface area contributed by atoms with Crippen molar-refractivity contribution in [3.63, 3.8) is 0 Å². The minimum absolute atomic E-state index is 0.309. The molecule has 0 bridgehead atoms. The van der Waals surface area contributed by atoms with Crippen molar-refractivity contribution in [2.45, 2.75) is 13.5 Å². The van der Waals surface area contributed by atoms with Crippen molar-refractivity contribution in [1.82, 2.24) is 9.97 Å². The van der Waals surface area contributed by atoms with Crippen molar-refractivity contribution >= 4 is 27.7 Å². The largest absolute Gasteiger partial charge is 0.368 e. The van der Waals surface area contributed by atoms with Gasteiger partial charge in [0.2, 0.25) is 5.95 Å². The number of nitrogens with zero attached hydrogens (tertiary/aromatic N) is 3. The van der Waals surface area contributed by atoms with Gasteiger partial charge in [-0.1, -0.05) is 34.1 Å². The van der Waals surface area contributed by atoms with Gasteiger partial charge < -0.3 is 10.6 Å². The summed E-state index contributed by atoms with van der Waals surface area (Å²) in [6.45, 7) is 2.67. The molecule has 0 aliphatic heterocycles. The van der Waals surface area contributed by atoms with Crippen LogP contribution in [-0.4, -0.2) is 17.0 Å². The van der Waals surface area contributed by atoms with Crippen LogP contribution in [0, 0.1) is 6.92 Å². The number of aromatic nitrogens is 2. The van der Waals surface area contributed by atoms with Crippen molar-refractivity contribution in [3.05, 3.63) is 46.1 Å². The maximum atomic E-state index is 5.66. The molecule has 0 unspecified atom stereocenters. The molecule has 1 heterocycles. The molecule has 0 fully saturated rings. The lowest BCUT2D eigenvalue weighted by atomic mass is 10.2. The molecule has 0 spiro atoms. The minimum Gasteiger partial charge on any atom is -0.368 e. The van der Waals surface area contributed by atoms with E-state index in [1.54, 1.807) is 0 Å². The highest BCUT2D eigenvalue weighted by atomic mass is 79.9. The molecule has 94 valence electrons. The molecule has 1 aromatic carbocycles. The molecule has 5 heteroatoms. The van der Waals surface area contributed by atoms with E-state index in [0.29, 0.717) is 5.95 Å². The maximum absolute atomic E-state index is 5.66. The second-order valence-electron chi connectivity index (χ2n) is 4.17. The third kappa shape index (κ3) is 2.98. The van der Waals surface area contributed by atoms with Crippen molar-refractivity contribution in [3.8, 4) is 0 Å². The van der Waals surface area contributed by atoms with Crippen molar-refractivity contribution in [2.24, 2.45) is 0 Å². The van der Waals surface area contributed by atoms with Crippen LogP contribution in [-0.2, 0) is 6.54 Å². The van der Waals surface area contributed by atoms with Gasteiger partial charge >= 0.3 is 0 Å². The predicted molar refractivity (Wildman–Crippen MR) is 77.4 cm³/mol. The Kier molecular flexibility index (Phi) is 3.81. The number of anilines is 2. The molecule has 2 rings (SSSR count). The van der Waals surface area contributed by atoms with Gasteiger partial charge in [-0.3, -0.25) is 0 Å². The summed E-state index contributed by atoms with van der Waals surface area (Å²) in [7, 11) is 1.99. The first-order valence-corrected chi connectivity index (χ1v) is 6.41. The molecule has 2 aromatic rings. The average molecular weight is 307 g/mol. The van der Waals surface area contributed by atoms with Gasteiger partial charge in [-0.05, 0) is 18.6 Å². The van der Waals surface area contributed by atoms with E-state index in [0.717, 1.165) is 22.5 Å². The number of aryl methyl sites for hydroxylation is 1. The van der Waals surface area contributed by atoms with Gasteiger partial charge in [-0.25, -0.2) is 4.98 Å². The van der Waals surface area contributed by atoms with Gasteiger partial charge in [0.15, 0.2) is 0 Å². The van der Waals surface area contributed by atoms with E-state index in [1.165, 1.54) is 5.56 Å². The Hall–Kier alpha value is -1.62. The molecule has 1 aromatic heterocycles. The zero-order chi connectivity index (χ0) is 13.1. The number of hydrogen-bond acceptors (Lipinski definition) is 4. The van der Waals surface area contributed by atoms with E-state index >= 15 is 0 Å². The van der Waals surface area contributed by atoms with Gasteiger partial charge in [0.1, 0.15) is 5.82 Å². The second-order valence-corrected chi connectivity index (χ2v) is 5.03. The Bertz CT molecular complexity index is 536. The molecule has 18 heavy (non-hydrogen) atoms. The first kappa shape index (κ1) is 12.8. The number of hydrogen-bond donors (Lipinski definition) is 1. The summed E-state index contributed by atoms with van der Waals surface area (Å²) in [6, 6.07) is 10.1. The quantitative estimate of drug-likeness (QED) is 0.947. The van der Waals surface area contributed by atoms with Crippen LogP contribution in [0.15, 0.2) is 34.8 Å². The van der Waals surface area contributed by atoms with E-state index in [1.807, 2.05) is 43.1 Å². The number of rotatable bonds is 3. The number of nitrogen functional groups attached to an aromatic ring is 1. The Morgan fingerprint density at radius 2 is 2.00 bits per heavy atom. The van der Waals surface area contributed by atoms with E-state index in [9.17, 15) is 0 Å². The molecule has 0 saturated heterocycles. The first-order chi connectivity index (χ1) is 8.56. The van der Waals surface area contributed by atoms with Crippen LogP contribution in [0.2, 0.25) is 0 Å². The highest BCUT2D eigenvalue weighted by Crippen LogP contribution is 2.20. The van der Waals surface area contributed by atoms with Gasteiger partial charge in [0, 0.05) is 29.8 Å². The lowest BCUT2D eigenvalue weighted by Crippen LogP contribution is -2.19. The molecule has 0 atom stereocenters. The highest BCUT2D eigenvalue weighted by molar-refractivity contribution is 9.10. The van der Waals surface area contributed by atoms with Gasteiger partial charge in [-0.2, -0.15) is 4.98 Å². The Morgan fingerprint density at radius 1 is 1.28 bits per heavy atom. The fourth-order valence-electron chi connectivity index (χ4n) is 1.73. The Balaban J connectivity index is 2.22. The van der Waals surface area contributed by atoms with Crippen molar-refractivity contribution in [2.75, 3.05) is 17.7 Å².